The zero-order valence-corrected chi connectivity index (χ0v) is 10.2. The second-order valence-corrected chi connectivity index (χ2v) is 4.02. The maximum atomic E-state index is 5.42. The predicted octanol–water partition coefficient (Wildman–Crippen LogP) is 1.34. The SMILES string of the molecule is CCCOCCN(C)CCNC(C)C. The molecular formula is C11H26N2O. The Morgan fingerprint density at radius 1 is 1.21 bits per heavy atom. The fourth-order valence-electron chi connectivity index (χ4n) is 1.12. The molecule has 0 aromatic rings. The van der Waals surface area contributed by atoms with Crippen molar-refractivity contribution >= 4 is 0 Å². The molecule has 0 aliphatic heterocycles. The van der Waals surface area contributed by atoms with Crippen molar-refractivity contribution in [2.45, 2.75) is 33.2 Å². The van der Waals surface area contributed by atoms with Crippen LogP contribution in [0, 0.1) is 0 Å². The van der Waals surface area contributed by atoms with Gasteiger partial charge in [-0.3, -0.25) is 0 Å². The van der Waals surface area contributed by atoms with Gasteiger partial charge in [-0.2, -0.15) is 0 Å². The van der Waals surface area contributed by atoms with Crippen molar-refractivity contribution in [3.8, 4) is 0 Å². The Morgan fingerprint density at radius 3 is 2.50 bits per heavy atom. The van der Waals surface area contributed by atoms with Gasteiger partial charge in [-0.15, -0.1) is 0 Å². The number of ether oxygens (including phenoxy) is 1. The van der Waals surface area contributed by atoms with E-state index in [2.05, 4.69) is 38.0 Å². The largest absolute Gasteiger partial charge is 0.380 e. The summed E-state index contributed by atoms with van der Waals surface area (Å²) in [6, 6.07) is 0.583. The van der Waals surface area contributed by atoms with E-state index in [0.29, 0.717) is 6.04 Å². The predicted molar refractivity (Wildman–Crippen MR) is 61.7 cm³/mol. The minimum atomic E-state index is 0.583. The van der Waals surface area contributed by atoms with Crippen molar-refractivity contribution in [3.05, 3.63) is 0 Å². The van der Waals surface area contributed by atoms with Gasteiger partial charge in [0.1, 0.15) is 0 Å². The van der Waals surface area contributed by atoms with Gasteiger partial charge in [-0.25, -0.2) is 0 Å². The summed E-state index contributed by atoms with van der Waals surface area (Å²) in [6.45, 7) is 11.4. The monoisotopic (exact) mass is 202 g/mol. The zero-order chi connectivity index (χ0) is 10.8. The van der Waals surface area contributed by atoms with Crippen LogP contribution in [0.3, 0.4) is 0 Å². The summed E-state index contributed by atoms with van der Waals surface area (Å²) in [5, 5.41) is 3.40. The minimum absolute atomic E-state index is 0.583. The Morgan fingerprint density at radius 2 is 1.93 bits per heavy atom. The van der Waals surface area contributed by atoms with E-state index in [9.17, 15) is 0 Å². The lowest BCUT2D eigenvalue weighted by Gasteiger charge is -2.17. The van der Waals surface area contributed by atoms with Crippen LogP contribution in [0.25, 0.3) is 0 Å². The maximum Gasteiger partial charge on any atom is 0.0593 e. The van der Waals surface area contributed by atoms with E-state index in [1.807, 2.05) is 0 Å². The first-order chi connectivity index (χ1) is 6.66. The second kappa shape index (κ2) is 9.44. The van der Waals surface area contributed by atoms with E-state index in [4.69, 9.17) is 4.74 Å². The van der Waals surface area contributed by atoms with Crippen molar-refractivity contribution in [2.75, 3.05) is 39.9 Å². The molecule has 0 saturated carbocycles. The molecule has 3 nitrogen and oxygen atoms in total. The van der Waals surface area contributed by atoms with Crippen molar-refractivity contribution in [1.29, 1.82) is 0 Å². The molecular weight excluding hydrogens is 176 g/mol. The minimum Gasteiger partial charge on any atom is -0.380 e. The number of nitrogens with zero attached hydrogens (tertiary/aromatic N) is 1. The summed E-state index contributed by atoms with van der Waals surface area (Å²) in [4.78, 5) is 2.30. The van der Waals surface area contributed by atoms with Crippen LogP contribution in [0.5, 0.6) is 0 Å². The molecule has 0 rings (SSSR count). The average molecular weight is 202 g/mol. The number of rotatable bonds is 9. The topological polar surface area (TPSA) is 24.5 Å². The van der Waals surface area contributed by atoms with Crippen LogP contribution in [0.1, 0.15) is 27.2 Å². The van der Waals surface area contributed by atoms with Gasteiger partial charge < -0.3 is 15.0 Å². The normalized spacial score (nSPS) is 11.6. The fourth-order valence-corrected chi connectivity index (χ4v) is 1.12. The quantitative estimate of drug-likeness (QED) is 0.571. The lowest BCUT2D eigenvalue weighted by molar-refractivity contribution is 0.112. The molecule has 0 bridgehead atoms. The fraction of sp³-hybridized carbons (Fsp3) is 1.00. The summed E-state index contributed by atoms with van der Waals surface area (Å²) in [5.74, 6) is 0. The molecule has 0 aromatic carbocycles. The zero-order valence-electron chi connectivity index (χ0n) is 10.2. The summed E-state index contributed by atoms with van der Waals surface area (Å²) >= 11 is 0. The molecule has 0 amide bonds. The first-order valence-corrected chi connectivity index (χ1v) is 5.66. The van der Waals surface area contributed by atoms with E-state index in [1.165, 1.54) is 0 Å². The number of nitrogens with one attached hydrogen (secondary N) is 1. The van der Waals surface area contributed by atoms with Gasteiger partial charge in [-0.05, 0) is 13.5 Å². The van der Waals surface area contributed by atoms with Gasteiger partial charge in [0, 0.05) is 32.3 Å². The lowest BCUT2D eigenvalue weighted by Crippen LogP contribution is -2.34. The van der Waals surface area contributed by atoms with Crippen LogP contribution in [0.2, 0.25) is 0 Å². The van der Waals surface area contributed by atoms with Gasteiger partial charge in [-0.1, -0.05) is 20.8 Å². The highest BCUT2D eigenvalue weighted by Gasteiger charge is 1.98. The molecule has 0 aliphatic carbocycles. The molecule has 0 aliphatic rings. The van der Waals surface area contributed by atoms with E-state index < -0.39 is 0 Å². The van der Waals surface area contributed by atoms with Gasteiger partial charge in [0.15, 0.2) is 0 Å². The molecule has 3 heteroatoms. The van der Waals surface area contributed by atoms with E-state index in [1.54, 1.807) is 0 Å². The van der Waals surface area contributed by atoms with Gasteiger partial charge in [0.05, 0.1) is 6.61 Å². The molecule has 0 aromatic heterocycles. The van der Waals surface area contributed by atoms with Gasteiger partial charge >= 0.3 is 0 Å². The Labute approximate surface area is 88.8 Å². The molecule has 0 heterocycles. The summed E-state index contributed by atoms with van der Waals surface area (Å²) in [7, 11) is 2.14. The second-order valence-electron chi connectivity index (χ2n) is 4.02. The molecule has 86 valence electrons. The standard InChI is InChI=1S/C11H26N2O/c1-5-9-14-10-8-13(4)7-6-12-11(2)3/h11-12H,5-10H2,1-4H3. The maximum absolute atomic E-state index is 5.42. The van der Waals surface area contributed by atoms with Crippen LogP contribution >= 0.6 is 0 Å². The Balaban J connectivity index is 3.15. The molecule has 0 radical (unpaired) electrons. The van der Waals surface area contributed by atoms with Crippen LogP contribution < -0.4 is 5.32 Å². The number of hydrogen-bond acceptors (Lipinski definition) is 3. The Bertz CT molecular complexity index is 118. The third-order valence-corrected chi connectivity index (χ3v) is 2.01. The van der Waals surface area contributed by atoms with Crippen LogP contribution in [0.15, 0.2) is 0 Å². The molecule has 0 fully saturated rings. The first-order valence-electron chi connectivity index (χ1n) is 5.66. The lowest BCUT2D eigenvalue weighted by atomic mass is 10.4. The third kappa shape index (κ3) is 9.96. The van der Waals surface area contributed by atoms with Crippen molar-refractivity contribution in [3.63, 3.8) is 0 Å². The Kier molecular flexibility index (Phi) is 9.35. The summed E-state index contributed by atoms with van der Waals surface area (Å²) < 4.78 is 5.42. The van der Waals surface area contributed by atoms with Crippen LogP contribution in [0.4, 0.5) is 0 Å². The molecule has 0 spiro atoms. The first kappa shape index (κ1) is 13.9. The highest BCUT2D eigenvalue weighted by molar-refractivity contribution is 4.57. The molecule has 1 N–H and O–H groups in total. The average Bonchev–Trinajstić information content (AvgIpc) is 2.12. The van der Waals surface area contributed by atoms with E-state index in [0.717, 1.165) is 39.3 Å². The van der Waals surface area contributed by atoms with Gasteiger partial charge in [0.2, 0.25) is 0 Å². The Hall–Kier alpha value is -0.120. The third-order valence-electron chi connectivity index (χ3n) is 2.01. The highest BCUT2D eigenvalue weighted by atomic mass is 16.5. The number of likely N-dealkylation sites (N-methyl/N-ethyl adjacent to an activating group) is 1. The summed E-state index contributed by atoms with van der Waals surface area (Å²) in [5.41, 5.74) is 0. The highest BCUT2D eigenvalue weighted by Crippen LogP contribution is 1.85. The smallest absolute Gasteiger partial charge is 0.0593 e. The number of hydrogen-bond donors (Lipinski definition) is 1. The van der Waals surface area contributed by atoms with Crippen molar-refractivity contribution in [1.82, 2.24) is 10.2 Å². The van der Waals surface area contributed by atoms with Crippen molar-refractivity contribution < 1.29 is 4.74 Å². The molecule has 0 atom stereocenters. The molecule has 0 saturated heterocycles. The van der Waals surface area contributed by atoms with Crippen molar-refractivity contribution in [2.24, 2.45) is 0 Å². The van der Waals surface area contributed by atoms with E-state index >= 15 is 0 Å². The van der Waals surface area contributed by atoms with Crippen LogP contribution in [-0.4, -0.2) is 50.8 Å². The van der Waals surface area contributed by atoms with Crippen LogP contribution in [-0.2, 0) is 4.74 Å². The van der Waals surface area contributed by atoms with Gasteiger partial charge in [0.25, 0.3) is 0 Å². The molecule has 0 unspecified atom stereocenters. The molecule has 14 heavy (non-hydrogen) atoms. The summed E-state index contributed by atoms with van der Waals surface area (Å²) in [6.07, 6.45) is 1.11. The van der Waals surface area contributed by atoms with E-state index in [-0.39, 0.29) is 0 Å².